The van der Waals surface area contributed by atoms with E-state index in [1.807, 2.05) is 23.0 Å². The number of fused-ring (bicyclic) bond motifs is 1. The normalized spacial score (nSPS) is 17.5. The monoisotopic (exact) mass is 255 g/mol. The van der Waals surface area contributed by atoms with Crippen molar-refractivity contribution in [3.05, 3.63) is 42.0 Å². The van der Waals surface area contributed by atoms with E-state index in [9.17, 15) is 5.11 Å². The first kappa shape index (κ1) is 12.1. The summed E-state index contributed by atoms with van der Waals surface area (Å²) in [6.07, 6.45) is 4.99. The Kier molecular flexibility index (Phi) is 2.57. The molecule has 0 bridgehead atoms. The van der Waals surface area contributed by atoms with E-state index in [0.717, 1.165) is 11.4 Å². The molecule has 98 valence electrons. The maximum absolute atomic E-state index is 9.51. The van der Waals surface area contributed by atoms with Gasteiger partial charge in [-0.2, -0.15) is 0 Å². The maximum atomic E-state index is 9.51. The van der Waals surface area contributed by atoms with Gasteiger partial charge in [-0.1, -0.05) is 19.9 Å². The molecule has 3 rings (SSSR count). The van der Waals surface area contributed by atoms with Gasteiger partial charge in [0, 0.05) is 23.5 Å². The molecule has 0 fully saturated rings. The molecular weight excluding hydrogens is 238 g/mol. The molecule has 1 aliphatic heterocycles. The van der Waals surface area contributed by atoms with E-state index >= 15 is 0 Å². The molecule has 1 aromatic carbocycles. The molecule has 0 spiro atoms. The third kappa shape index (κ3) is 1.98. The second-order valence-electron chi connectivity index (χ2n) is 5.56. The lowest BCUT2D eigenvalue weighted by Gasteiger charge is -2.15. The van der Waals surface area contributed by atoms with Crippen LogP contribution in [-0.2, 0) is 5.41 Å². The van der Waals surface area contributed by atoms with E-state index in [-0.39, 0.29) is 5.41 Å². The molecule has 19 heavy (non-hydrogen) atoms. The van der Waals surface area contributed by atoms with Crippen LogP contribution < -0.4 is 0 Å². The highest BCUT2D eigenvalue weighted by Gasteiger charge is 2.26. The van der Waals surface area contributed by atoms with E-state index in [1.165, 1.54) is 5.56 Å². The predicted octanol–water partition coefficient (Wildman–Crippen LogP) is 2.92. The summed E-state index contributed by atoms with van der Waals surface area (Å²) in [6.45, 7) is 6.03. The highest BCUT2D eigenvalue weighted by atomic mass is 16.3. The molecule has 4 heteroatoms. The smallest absolute Gasteiger partial charge is 0.0996 e. The van der Waals surface area contributed by atoms with Gasteiger partial charge in [0.25, 0.3) is 0 Å². The van der Waals surface area contributed by atoms with E-state index < -0.39 is 6.10 Å². The average Bonchev–Trinajstić information content (AvgIpc) is 2.95. The van der Waals surface area contributed by atoms with Crippen LogP contribution in [0.4, 0.5) is 5.69 Å². The number of benzene rings is 1. The van der Waals surface area contributed by atoms with Crippen LogP contribution in [0.15, 0.2) is 35.7 Å². The van der Waals surface area contributed by atoms with Crippen LogP contribution in [-0.4, -0.2) is 20.9 Å². The number of nitrogens with zero attached hydrogens (tertiary/aromatic N) is 3. The van der Waals surface area contributed by atoms with Crippen molar-refractivity contribution in [2.45, 2.75) is 32.3 Å². The zero-order valence-corrected chi connectivity index (χ0v) is 11.3. The van der Waals surface area contributed by atoms with Crippen molar-refractivity contribution in [3.8, 4) is 5.69 Å². The van der Waals surface area contributed by atoms with Crippen LogP contribution in [0.5, 0.6) is 0 Å². The Morgan fingerprint density at radius 1 is 1.32 bits per heavy atom. The van der Waals surface area contributed by atoms with Crippen molar-refractivity contribution in [3.63, 3.8) is 0 Å². The SMILES string of the molecule is CC(O)c1cn(-c2ccc3c(c2)N=CC3(C)C)cn1. The molecule has 0 saturated heterocycles. The number of imidazole rings is 1. The largest absolute Gasteiger partial charge is 0.387 e. The van der Waals surface area contributed by atoms with Gasteiger partial charge in [0.05, 0.1) is 23.8 Å². The molecule has 2 heterocycles. The molecular formula is C15H17N3O. The van der Waals surface area contributed by atoms with Gasteiger partial charge in [0.1, 0.15) is 0 Å². The number of aromatic nitrogens is 2. The quantitative estimate of drug-likeness (QED) is 0.897. The minimum absolute atomic E-state index is 0.00751. The van der Waals surface area contributed by atoms with Crippen LogP contribution in [0.3, 0.4) is 0 Å². The maximum Gasteiger partial charge on any atom is 0.0996 e. The van der Waals surface area contributed by atoms with E-state index in [0.29, 0.717) is 5.69 Å². The second-order valence-corrected chi connectivity index (χ2v) is 5.56. The Morgan fingerprint density at radius 2 is 2.11 bits per heavy atom. The van der Waals surface area contributed by atoms with E-state index in [1.54, 1.807) is 13.3 Å². The Hall–Kier alpha value is -1.94. The third-order valence-electron chi connectivity index (χ3n) is 3.53. The molecule has 0 radical (unpaired) electrons. The van der Waals surface area contributed by atoms with E-state index in [4.69, 9.17) is 0 Å². The fourth-order valence-electron chi connectivity index (χ4n) is 2.33. The molecule has 1 aliphatic rings. The highest BCUT2D eigenvalue weighted by molar-refractivity contribution is 5.84. The Bertz CT molecular complexity index is 653. The minimum Gasteiger partial charge on any atom is -0.387 e. The summed E-state index contributed by atoms with van der Waals surface area (Å²) in [7, 11) is 0. The summed E-state index contributed by atoms with van der Waals surface area (Å²) in [4.78, 5) is 8.66. The molecule has 1 unspecified atom stereocenters. The number of rotatable bonds is 2. The van der Waals surface area contributed by atoms with Gasteiger partial charge < -0.3 is 9.67 Å². The zero-order valence-electron chi connectivity index (χ0n) is 11.3. The lowest BCUT2D eigenvalue weighted by atomic mass is 9.87. The summed E-state index contributed by atoms with van der Waals surface area (Å²) in [5, 5.41) is 9.51. The molecule has 0 aliphatic carbocycles. The summed E-state index contributed by atoms with van der Waals surface area (Å²) in [5.41, 5.74) is 3.94. The first-order valence-corrected chi connectivity index (χ1v) is 6.39. The van der Waals surface area contributed by atoms with Gasteiger partial charge in [-0.15, -0.1) is 0 Å². The first-order chi connectivity index (χ1) is 8.97. The number of hydrogen-bond acceptors (Lipinski definition) is 3. The number of aliphatic hydroxyl groups excluding tert-OH is 1. The summed E-state index contributed by atoms with van der Waals surface area (Å²) >= 11 is 0. The zero-order chi connectivity index (χ0) is 13.6. The minimum atomic E-state index is -0.548. The number of aliphatic imine (C=N–C) groups is 1. The molecule has 4 nitrogen and oxygen atoms in total. The van der Waals surface area contributed by atoms with Gasteiger partial charge in [-0.3, -0.25) is 4.99 Å². The highest BCUT2D eigenvalue weighted by Crippen LogP contribution is 2.37. The van der Waals surface area contributed by atoms with Crippen molar-refractivity contribution in [2.75, 3.05) is 0 Å². The molecule has 1 aromatic heterocycles. The topological polar surface area (TPSA) is 50.4 Å². The number of hydrogen-bond donors (Lipinski definition) is 1. The summed E-state index contributed by atoms with van der Waals surface area (Å²) in [6, 6.07) is 6.22. The molecule has 2 aromatic rings. The van der Waals surface area contributed by atoms with Crippen molar-refractivity contribution in [1.82, 2.24) is 9.55 Å². The van der Waals surface area contributed by atoms with Crippen LogP contribution in [0, 0.1) is 0 Å². The predicted molar refractivity (Wildman–Crippen MR) is 75.4 cm³/mol. The van der Waals surface area contributed by atoms with Crippen molar-refractivity contribution < 1.29 is 5.11 Å². The van der Waals surface area contributed by atoms with Crippen LogP contribution in [0.1, 0.15) is 38.1 Å². The van der Waals surface area contributed by atoms with Crippen molar-refractivity contribution in [1.29, 1.82) is 0 Å². The molecule has 0 saturated carbocycles. The Labute approximate surface area is 112 Å². The lowest BCUT2D eigenvalue weighted by molar-refractivity contribution is 0.195. The molecule has 1 N–H and O–H groups in total. The standard InChI is InChI=1S/C15H17N3O/c1-10(19)14-7-18(9-17-14)11-4-5-12-13(6-11)16-8-15(12,2)3/h4-10,19H,1-3H3. The van der Waals surface area contributed by atoms with Gasteiger partial charge in [0.2, 0.25) is 0 Å². The van der Waals surface area contributed by atoms with Gasteiger partial charge in [0.15, 0.2) is 0 Å². The Balaban J connectivity index is 2.01. The molecule has 0 amide bonds. The number of aliphatic hydroxyl groups is 1. The fourth-order valence-corrected chi connectivity index (χ4v) is 2.33. The Morgan fingerprint density at radius 3 is 2.79 bits per heavy atom. The van der Waals surface area contributed by atoms with Gasteiger partial charge >= 0.3 is 0 Å². The summed E-state index contributed by atoms with van der Waals surface area (Å²) < 4.78 is 1.91. The first-order valence-electron chi connectivity index (χ1n) is 6.39. The summed E-state index contributed by atoms with van der Waals surface area (Å²) in [5.74, 6) is 0. The third-order valence-corrected chi connectivity index (χ3v) is 3.53. The van der Waals surface area contributed by atoms with Crippen LogP contribution >= 0.6 is 0 Å². The second kappa shape index (κ2) is 4.03. The van der Waals surface area contributed by atoms with Crippen molar-refractivity contribution >= 4 is 11.9 Å². The molecule has 1 atom stereocenters. The van der Waals surface area contributed by atoms with Crippen molar-refractivity contribution in [2.24, 2.45) is 4.99 Å². The van der Waals surface area contributed by atoms with Crippen LogP contribution in [0.25, 0.3) is 5.69 Å². The lowest BCUT2D eigenvalue weighted by Crippen LogP contribution is -2.14. The van der Waals surface area contributed by atoms with E-state index in [2.05, 4.69) is 36.0 Å². The van der Waals surface area contributed by atoms with Crippen LogP contribution in [0.2, 0.25) is 0 Å². The van der Waals surface area contributed by atoms with Gasteiger partial charge in [-0.25, -0.2) is 4.98 Å². The fraction of sp³-hybridized carbons (Fsp3) is 0.333. The average molecular weight is 255 g/mol. The van der Waals surface area contributed by atoms with Gasteiger partial charge in [-0.05, 0) is 24.6 Å².